The first-order chi connectivity index (χ1) is 18.7. The number of carbonyl (C=O) groups excluding carboxylic acids is 2. The van der Waals surface area contributed by atoms with E-state index >= 15 is 0 Å². The minimum absolute atomic E-state index is 0.0926. The summed E-state index contributed by atoms with van der Waals surface area (Å²) in [7, 11) is 5.08. The summed E-state index contributed by atoms with van der Waals surface area (Å²) in [6.07, 6.45) is 6.13. The summed E-state index contributed by atoms with van der Waals surface area (Å²) in [4.78, 5) is 35.6. The first-order valence-corrected chi connectivity index (χ1v) is 12.5. The molecule has 0 atom stereocenters. The summed E-state index contributed by atoms with van der Waals surface area (Å²) >= 11 is 0. The third-order valence-corrected chi connectivity index (χ3v) is 6.47. The maximum absolute atomic E-state index is 14.2. The molecule has 11 heteroatoms. The Hall–Kier alpha value is -4.67. The molecule has 2 aromatic carbocycles. The first-order valence-electron chi connectivity index (χ1n) is 12.5. The molecule has 0 saturated carbocycles. The number of aromatic nitrogens is 3. The Morgan fingerprint density at radius 1 is 1.05 bits per heavy atom. The van der Waals surface area contributed by atoms with Gasteiger partial charge in [-0.25, -0.2) is 4.39 Å². The van der Waals surface area contributed by atoms with Crippen molar-refractivity contribution in [1.82, 2.24) is 19.9 Å². The fraction of sp³-hybridized carbons (Fsp3) is 0.286. The molecule has 2 heterocycles. The zero-order valence-electron chi connectivity index (χ0n) is 22.4. The number of nitrogens with one attached hydrogen (secondary N) is 3. The van der Waals surface area contributed by atoms with Crippen LogP contribution in [0.2, 0.25) is 0 Å². The Bertz CT molecular complexity index is 1520. The van der Waals surface area contributed by atoms with E-state index in [-0.39, 0.29) is 17.2 Å². The van der Waals surface area contributed by atoms with E-state index in [0.717, 1.165) is 24.9 Å². The van der Waals surface area contributed by atoms with Gasteiger partial charge >= 0.3 is 0 Å². The molecular formula is C28H32FN7O3. The second-order valence-corrected chi connectivity index (χ2v) is 9.35. The highest BCUT2D eigenvalue weighted by Crippen LogP contribution is 2.35. The number of carbonyl (C=O) groups is 2. The SMILES string of the molecule is CC(=O)N(C)C.COc1cc2c(cc1Nc1nc(Nc3cccc(F)c3C(N)=O)c3cc[nH]c3n1)CCCC2. The quantitative estimate of drug-likeness (QED) is 0.283. The van der Waals surface area contributed by atoms with E-state index in [2.05, 4.69) is 37.7 Å². The van der Waals surface area contributed by atoms with Crippen molar-refractivity contribution in [3.05, 3.63) is 65.1 Å². The van der Waals surface area contributed by atoms with Crippen LogP contribution in [0.4, 0.5) is 27.5 Å². The summed E-state index contributed by atoms with van der Waals surface area (Å²) in [6, 6.07) is 10.2. The van der Waals surface area contributed by atoms with Crippen molar-refractivity contribution >= 4 is 46.0 Å². The summed E-state index contributed by atoms with van der Waals surface area (Å²) in [5, 5.41) is 6.98. The number of aryl methyl sites for hydroxylation is 2. The predicted molar refractivity (Wildman–Crippen MR) is 149 cm³/mol. The molecule has 1 aliphatic rings. The third-order valence-electron chi connectivity index (χ3n) is 6.47. The van der Waals surface area contributed by atoms with Gasteiger partial charge in [-0.2, -0.15) is 9.97 Å². The van der Waals surface area contributed by atoms with Crippen LogP contribution in [0.3, 0.4) is 0 Å². The highest BCUT2D eigenvalue weighted by molar-refractivity contribution is 6.01. The minimum Gasteiger partial charge on any atom is -0.495 e. The molecule has 4 aromatic rings. The van der Waals surface area contributed by atoms with Crippen LogP contribution < -0.4 is 21.1 Å². The molecule has 0 radical (unpaired) electrons. The molecule has 2 aromatic heterocycles. The molecule has 5 rings (SSSR count). The zero-order valence-corrected chi connectivity index (χ0v) is 22.4. The van der Waals surface area contributed by atoms with Crippen LogP contribution in [0.15, 0.2) is 42.6 Å². The number of rotatable bonds is 6. The van der Waals surface area contributed by atoms with Gasteiger partial charge < -0.3 is 31.0 Å². The van der Waals surface area contributed by atoms with Crippen LogP contribution in [-0.2, 0) is 17.6 Å². The lowest BCUT2D eigenvalue weighted by Gasteiger charge is -2.20. The van der Waals surface area contributed by atoms with Gasteiger partial charge in [0, 0.05) is 27.2 Å². The Morgan fingerprint density at radius 3 is 2.38 bits per heavy atom. The smallest absolute Gasteiger partial charge is 0.253 e. The van der Waals surface area contributed by atoms with Gasteiger partial charge in [0.25, 0.3) is 5.91 Å². The van der Waals surface area contributed by atoms with Crippen molar-refractivity contribution in [3.8, 4) is 5.75 Å². The van der Waals surface area contributed by atoms with Gasteiger partial charge in [-0.3, -0.25) is 9.59 Å². The average molecular weight is 534 g/mol. The third kappa shape index (κ3) is 6.25. The van der Waals surface area contributed by atoms with Crippen molar-refractivity contribution in [3.63, 3.8) is 0 Å². The number of amides is 2. The molecule has 0 bridgehead atoms. The van der Waals surface area contributed by atoms with Gasteiger partial charge in [-0.05, 0) is 67.1 Å². The molecule has 0 saturated heterocycles. The van der Waals surface area contributed by atoms with E-state index in [4.69, 9.17) is 10.5 Å². The lowest BCUT2D eigenvalue weighted by atomic mass is 9.91. The molecule has 0 spiro atoms. The number of fused-ring (bicyclic) bond motifs is 2. The van der Waals surface area contributed by atoms with Gasteiger partial charge in [-0.1, -0.05) is 6.07 Å². The molecule has 0 unspecified atom stereocenters. The lowest BCUT2D eigenvalue weighted by molar-refractivity contribution is -0.126. The summed E-state index contributed by atoms with van der Waals surface area (Å²) in [5.74, 6) is -0.0556. The number of nitrogens with zero attached hydrogens (tertiary/aromatic N) is 3. The Kier molecular flexibility index (Phi) is 8.28. The van der Waals surface area contributed by atoms with Crippen LogP contribution in [0.5, 0.6) is 5.75 Å². The van der Waals surface area contributed by atoms with E-state index < -0.39 is 11.7 Å². The van der Waals surface area contributed by atoms with Crippen LogP contribution >= 0.6 is 0 Å². The molecule has 10 nitrogen and oxygen atoms in total. The maximum Gasteiger partial charge on any atom is 0.253 e. The molecule has 5 N–H and O–H groups in total. The zero-order chi connectivity index (χ0) is 28.1. The van der Waals surface area contributed by atoms with Crippen molar-refractivity contribution in [2.75, 3.05) is 31.8 Å². The standard InChI is InChI=1S/C24H23FN6O2.C4H9NO/c1-33-19-12-14-6-3-2-5-13(14)11-18(19)29-24-30-22-15(9-10-27-22)23(31-24)28-17-8-4-7-16(25)20(17)21(26)32;1-4(6)5(2)3/h4,7-12H,2-3,5-6H2,1H3,(H2,26,32)(H3,27,28,29,30,31);1-3H3. The Labute approximate surface area is 225 Å². The molecule has 0 fully saturated rings. The predicted octanol–water partition coefficient (Wildman–Crippen LogP) is 4.67. The van der Waals surface area contributed by atoms with Gasteiger partial charge in [0.1, 0.15) is 23.0 Å². The number of benzene rings is 2. The average Bonchev–Trinajstić information content (AvgIpc) is 3.37. The van der Waals surface area contributed by atoms with Crippen molar-refractivity contribution in [2.24, 2.45) is 5.73 Å². The van der Waals surface area contributed by atoms with E-state index in [1.807, 2.05) is 0 Å². The van der Waals surface area contributed by atoms with Crippen LogP contribution in [0.25, 0.3) is 11.0 Å². The van der Waals surface area contributed by atoms with Crippen LogP contribution in [0, 0.1) is 5.82 Å². The number of primary amides is 1. The van der Waals surface area contributed by atoms with Crippen LogP contribution in [-0.4, -0.2) is 52.9 Å². The number of halogens is 1. The van der Waals surface area contributed by atoms with Crippen molar-refractivity contribution in [1.29, 1.82) is 0 Å². The summed E-state index contributed by atoms with van der Waals surface area (Å²) < 4.78 is 19.8. The first kappa shape index (κ1) is 27.4. The monoisotopic (exact) mass is 533 g/mol. The second kappa shape index (κ2) is 11.8. The highest BCUT2D eigenvalue weighted by Gasteiger charge is 2.18. The number of H-pyrrole nitrogens is 1. The number of hydrogen-bond acceptors (Lipinski definition) is 7. The van der Waals surface area contributed by atoms with Gasteiger partial charge in [0.15, 0.2) is 0 Å². The molecule has 2 amide bonds. The molecule has 39 heavy (non-hydrogen) atoms. The van der Waals surface area contributed by atoms with E-state index in [0.29, 0.717) is 28.5 Å². The molecule has 0 aliphatic heterocycles. The summed E-state index contributed by atoms with van der Waals surface area (Å²) in [6.45, 7) is 1.53. The van der Waals surface area contributed by atoms with Gasteiger partial charge in [0.05, 0.1) is 29.4 Å². The number of ether oxygens (including phenoxy) is 1. The minimum atomic E-state index is -0.868. The Balaban J connectivity index is 0.000000531. The van der Waals surface area contributed by atoms with E-state index in [1.165, 1.54) is 41.5 Å². The van der Waals surface area contributed by atoms with E-state index in [9.17, 15) is 14.0 Å². The topological polar surface area (TPSA) is 138 Å². The van der Waals surface area contributed by atoms with Gasteiger partial charge in [-0.15, -0.1) is 0 Å². The normalized spacial score (nSPS) is 12.1. The van der Waals surface area contributed by atoms with Crippen LogP contribution in [0.1, 0.15) is 41.3 Å². The van der Waals surface area contributed by atoms with E-state index in [1.54, 1.807) is 39.5 Å². The number of hydrogen-bond donors (Lipinski definition) is 4. The molecule has 204 valence electrons. The fourth-order valence-electron chi connectivity index (χ4n) is 4.25. The van der Waals surface area contributed by atoms with Gasteiger partial charge in [0.2, 0.25) is 11.9 Å². The largest absolute Gasteiger partial charge is 0.495 e. The Morgan fingerprint density at radius 2 is 1.74 bits per heavy atom. The lowest BCUT2D eigenvalue weighted by Crippen LogP contribution is -2.17. The number of aromatic amines is 1. The maximum atomic E-state index is 14.2. The molecule has 1 aliphatic carbocycles. The summed E-state index contributed by atoms with van der Waals surface area (Å²) in [5.41, 5.74) is 9.31. The molecular weight excluding hydrogens is 501 g/mol. The van der Waals surface area contributed by atoms with Crippen molar-refractivity contribution in [2.45, 2.75) is 32.6 Å². The highest BCUT2D eigenvalue weighted by atomic mass is 19.1. The fourth-order valence-corrected chi connectivity index (χ4v) is 4.25. The number of anilines is 4. The van der Waals surface area contributed by atoms with Crippen molar-refractivity contribution < 1.29 is 18.7 Å². The number of nitrogens with two attached hydrogens (primary N) is 1. The number of methoxy groups -OCH3 is 1. The second-order valence-electron chi connectivity index (χ2n) is 9.35.